The monoisotopic (exact) mass is 454 g/mol. The summed E-state index contributed by atoms with van der Waals surface area (Å²) in [7, 11) is -8.09. The number of hydrogen-bond donors (Lipinski definition) is 0. The second-order valence-corrected chi connectivity index (χ2v) is 10.7. The summed E-state index contributed by atoms with van der Waals surface area (Å²) in [5, 5.41) is 0. The molecule has 0 atom stereocenters. The average Bonchev–Trinajstić information content (AvgIpc) is 2.98. The molecule has 1 saturated heterocycles. The zero-order valence-corrected chi connectivity index (χ0v) is 17.1. The molecule has 0 aromatic heterocycles. The van der Waals surface area contributed by atoms with E-state index in [0.29, 0.717) is 11.6 Å². The number of sulfonamides is 1. The number of carbonyl (C=O) groups excluding carboxylic acids is 1. The van der Waals surface area contributed by atoms with E-state index in [-0.39, 0.29) is 36.0 Å². The van der Waals surface area contributed by atoms with E-state index in [1.807, 2.05) is 0 Å². The van der Waals surface area contributed by atoms with E-state index >= 15 is 0 Å². The van der Waals surface area contributed by atoms with Crippen LogP contribution in [0.4, 0.5) is 8.78 Å². The summed E-state index contributed by atoms with van der Waals surface area (Å²) in [6.07, 6.45) is 1.31. The van der Waals surface area contributed by atoms with Crippen molar-refractivity contribution in [2.24, 2.45) is 0 Å². The molecular formula is C19H16F2N2O5S2. The Kier molecular flexibility index (Phi) is 4.99. The number of halogens is 2. The second-order valence-electron chi connectivity index (χ2n) is 6.85. The van der Waals surface area contributed by atoms with Gasteiger partial charge in [0, 0.05) is 32.2 Å². The minimum absolute atomic E-state index is 0.0565. The molecule has 0 saturated carbocycles. The highest BCUT2D eigenvalue weighted by atomic mass is 32.2. The molecule has 0 bridgehead atoms. The van der Waals surface area contributed by atoms with Crippen LogP contribution in [-0.2, 0) is 24.7 Å². The zero-order valence-electron chi connectivity index (χ0n) is 15.5. The molecule has 1 fully saturated rings. The van der Waals surface area contributed by atoms with E-state index in [0.717, 1.165) is 16.4 Å². The lowest BCUT2D eigenvalue weighted by molar-refractivity contribution is -0.127. The number of piperazine rings is 1. The minimum Gasteiger partial charge on any atom is -0.335 e. The molecule has 0 radical (unpaired) electrons. The maximum atomic E-state index is 13.4. The van der Waals surface area contributed by atoms with Crippen molar-refractivity contribution < 1.29 is 30.4 Å². The number of benzene rings is 2. The van der Waals surface area contributed by atoms with Crippen molar-refractivity contribution in [3.8, 4) is 0 Å². The van der Waals surface area contributed by atoms with Crippen LogP contribution in [-0.4, -0.2) is 58.1 Å². The number of amides is 1. The molecule has 0 aliphatic carbocycles. The first-order chi connectivity index (χ1) is 14.1. The van der Waals surface area contributed by atoms with Crippen LogP contribution in [0.5, 0.6) is 0 Å². The fourth-order valence-corrected chi connectivity index (χ4v) is 6.51. The molecule has 1 amide bonds. The molecule has 0 N–H and O–H groups in total. The summed E-state index contributed by atoms with van der Waals surface area (Å²) in [5.41, 5.74) is 0.426. The molecule has 4 rings (SSSR count). The number of sulfone groups is 1. The SMILES string of the molecule is O=C(C1=Cc2ccccc2S1(=O)=O)N1CCN(S(=O)(=O)c2cc(F)cc(F)c2)CC1. The van der Waals surface area contributed by atoms with Gasteiger partial charge in [0.2, 0.25) is 19.9 Å². The van der Waals surface area contributed by atoms with Crippen molar-refractivity contribution in [1.29, 1.82) is 0 Å². The minimum atomic E-state index is -4.16. The van der Waals surface area contributed by atoms with Crippen molar-refractivity contribution in [3.63, 3.8) is 0 Å². The molecule has 30 heavy (non-hydrogen) atoms. The van der Waals surface area contributed by atoms with Crippen LogP contribution in [0, 0.1) is 11.6 Å². The van der Waals surface area contributed by atoms with Crippen LogP contribution in [0.2, 0.25) is 0 Å². The number of carbonyl (C=O) groups is 1. The Balaban J connectivity index is 1.51. The average molecular weight is 454 g/mol. The summed E-state index contributed by atoms with van der Waals surface area (Å²) >= 11 is 0. The molecule has 2 aromatic carbocycles. The Morgan fingerprint density at radius 1 is 0.933 bits per heavy atom. The Hall–Kier alpha value is -2.63. The van der Waals surface area contributed by atoms with Crippen molar-refractivity contribution in [1.82, 2.24) is 9.21 Å². The quantitative estimate of drug-likeness (QED) is 0.703. The van der Waals surface area contributed by atoms with Gasteiger partial charge in [0.25, 0.3) is 5.91 Å². The van der Waals surface area contributed by atoms with Crippen LogP contribution in [0.25, 0.3) is 6.08 Å². The van der Waals surface area contributed by atoms with Crippen LogP contribution in [0.1, 0.15) is 5.56 Å². The Bertz CT molecular complexity index is 1260. The lowest BCUT2D eigenvalue weighted by Crippen LogP contribution is -2.51. The molecule has 158 valence electrons. The maximum absolute atomic E-state index is 13.4. The van der Waals surface area contributed by atoms with Crippen LogP contribution in [0.15, 0.2) is 57.2 Å². The van der Waals surface area contributed by atoms with Gasteiger partial charge in [0.15, 0.2) is 0 Å². The topological polar surface area (TPSA) is 91.8 Å². The first kappa shape index (κ1) is 20.6. The van der Waals surface area contributed by atoms with Crippen molar-refractivity contribution in [2.45, 2.75) is 9.79 Å². The maximum Gasteiger partial charge on any atom is 0.265 e. The van der Waals surface area contributed by atoms with Gasteiger partial charge in [-0.25, -0.2) is 25.6 Å². The Morgan fingerprint density at radius 2 is 1.53 bits per heavy atom. The standard InChI is InChI=1S/C19H16F2N2O5S2/c20-14-10-15(21)12-16(11-14)30(27,28)23-7-5-22(6-8-23)19(24)18-9-13-3-1-2-4-17(13)29(18,25)26/h1-4,9-12H,5-8H2. The highest BCUT2D eigenvalue weighted by molar-refractivity contribution is 7.96. The predicted molar refractivity (Wildman–Crippen MR) is 103 cm³/mol. The first-order valence-electron chi connectivity index (χ1n) is 8.92. The van der Waals surface area contributed by atoms with Crippen LogP contribution in [0.3, 0.4) is 0 Å². The van der Waals surface area contributed by atoms with Crippen molar-refractivity contribution in [3.05, 3.63) is 64.6 Å². The molecule has 2 aliphatic rings. The van der Waals surface area contributed by atoms with Gasteiger partial charge in [0.1, 0.15) is 16.5 Å². The number of nitrogens with zero attached hydrogens (tertiary/aromatic N) is 2. The van der Waals surface area contributed by atoms with Gasteiger partial charge in [-0.2, -0.15) is 4.31 Å². The summed E-state index contributed by atoms with van der Waals surface area (Å²) in [6.45, 7) is -0.378. The zero-order chi connectivity index (χ0) is 21.7. The van der Waals surface area contributed by atoms with Gasteiger partial charge in [-0.1, -0.05) is 18.2 Å². The van der Waals surface area contributed by atoms with Crippen LogP contribution >= 0.6 is 0 Å². The summed E-state index contributed by atoms with van der Waals surface area (Å²) in [4.78, 5) is 13.3. The van der Waals surface area contributed by atoms with Gasteiger partial charge in [-0.3, -0.25) is 4.79 Å². The normalized spacial score (nSPS) is 18.7. The second kappa shape index (κ2) is 7.25. The smallest absolute Gasteiger partial charge is 0.265 e. The molecule has 0 spiro atoms. The molecule has 11 heteroatoms. The molecule has 2 aliphatic heterocycles. The van der Waals surface area contributed by atoms with E-state index in [4.69, 9.17) is 0 Å². The van der Waals surface area contributed by atoms with E-state index in [2.05, 4.69) is 0 Å². The summed E-state index contributed by atoms with van der Waals surface area (Å²) in [5.74, 6) is -2.74. The first-order valence-corrected chi connectivity index (χ1v) is 11.8. The third-order valence-electron chi connectivity index (χ3n) is 5.00. The summed E-state index contributed by atoms with van der Waals surface area (Å²) in [6, 6.07) is 8.27. The lowest BCUT2D eigenvalue weighted by Gasteiger charge is -2.34. The summed E-state index contributed by atoms with van der Waals surface area (Å²) < 4.78 is 78.4. The van der Waals surface area contributed by atoms with Gasteiger partial charge in [-0.05, 0) is 29.8 Å². The third-order valence-corrected chi connectivity index (χ3v) is 8.69. The van der Waals surface area contributed by atoms with Gasteiger partial charge < -0.3 is 4.90 Å². The van der Waals surface area contributed by atoms with E-state index in [1.165, 1.54) is 17.0 Å². The van der Waals surface area contributed by atoms with Crippen molar-refractivity contribution >= 4 is 31.8 Å². The van der Waals surface area contributed by atoms with Gasteiger partial charge in [0.05, 0.1) is 9.79 Å². The van der Waals surface area contributed by atoms with Crippen LogP contribution < -0.4 is 0 Å². The van der Waals surface area contributed by atoms with E-state index in [1.54, 1.807) is 18.2 Å². The van der Waals surface area contributed by atoms with E-state index < -0.39 is 42.3 Å². The number of rotatable bonds is 3. The molecule has 2 heterocycles. The Morgan fingerprint density at radius 3 is 2.13 bits per heavy atom. The third kappa shape index (κ3) is 3.42. The Labute approximate surface area is 172 Å². The number of fused-ring (bicyclic) bond motifs is 1. The largest absolute Gasteiger partial charge is 0.335 e. The van der Waals surface area contributed by atoms with E-state index in [9.17, 15) is 30.4 Å². The molecule has 7 nitrogen and oxygen atoms in total. The predicted octanol–water partition coefficient (Wildman–Crippen LogP) is 1.63. The van der Waals surface area contributed by atoms with Gasteiger partial charge >= 0.3 is 0 Å². The van der Waals surface area contributed by atoms with Gasteiger partial charge in [-0.15, -0.1) is 0 Å². The fraction of sp³-hybridized carbons (Fsp3) is 0.211. The van der Waals surface area contributed by atoms with Crippen molar-refractivity contribution in [2.75, 3.05) is 26.2 Å². The molecule has 0 unspecified atom stereocenters. The fourth-order valence-electron chi connectivity index (χ4n) is 3.47. The molecule has 2 aromatic rings. The number of hydrogen-bond acceptors (Lipinski definition) is 5. The highest BCUT2D eigenvalue weighted by Crippen LogP contribution is 2.33. The highest BCUT2D eigenvalue weighted by Gasteiger charge is 2.38. The molecular weight excluding hydrogens is 438 g/mol. The lowest BCUT2D eigenvalue weighted by atomic mass is 10.2.